The van der Waals surface area contributed by atoms with Gasteiger partial charge in [-0.15, -0.1) is 0 Å². The van der Waals surface area contributed by atoms with Gasteiger partial charge in [0, 0.05) is 10.6 Å². The minimum absolute atomic E-state index is 0.0805. The second-order valence-corrected chi connectivity index (χ2v) is 6.60. The average Bonchev–Trinajstić information content (AvgIpc) is 2.62. The summed E-state index contributed by atoms with van der Waals surface area (Å²) in [6, 6.07) is 14.0. The van der Waals surface area contributed by atoms with Gasteiger partial charge in [-0.3, -0.25) is 0 Å². The van der Waals surface area contributed by atoms with E-state index in [2.05, 4.69) is 17.4 Å². The summed E-state index contributed by atoms with van der Waals surface area (Å²) >= 11 is 5.96. The van der Waals surface area contributed by atoms with Crippen molar-refractivity contribution < 1.29 is 9.47 Å². The van der Waals surface area contributed by atoms with Crippen molar-refractivity contribution >= 4 is 11.6 Å². The summed E-state index contributed by atoms with van der Waals surface area (Å²) in [5, 5.41) is 4.15. The maximum Gasteiger partial charge on any atom is 0.164 e. The van der Waals surface area contributed by atoms with Crippen LogP contribution in [0, 0.1) is 0 Å². The SMILES string of the molecule is Clc1ccc([C@H]2COc3c(cccc3C3CCNCC3)O2)cc1. The van der Waals surface area contributed by atoms with E-state index in [9.17, 15) is 0 Å². The van der Waals surface area contributed by atoms with E-state index < -0.39 is 0 Å². The molecule has 0 amide bonds. The number of nitrogens with one attached hydrogen (secondary N) is 1. The van der Waals surface area contributed by atoms with E-state index in [1.807, 2.05) is 30.3 Å². The summed E-state index contributed by atoms with van der Waals surface area (Å²) in [5.74, 6) is 2.35. The van der Waals surface area contributed by atoms with Crippen molar-refractivity contribution in [1.29, 1.82) is 0 Å². The molecule has 2 aromatic carbocycles. The highest BCUT2D eigenvalue weighted by Gasteiger charge is 2.27. The predicted molar refractivity (Wildman–Crippen MR) is 91.6 cm³/mol. The van der Waals surface area contributed by atoms with Gasteiger partial charge in [-0.2, -0.15) is 0 Å². The summed E-state index contributed by atoms with van der Waals surface area (Å²) in [7, 11) is 0. The first-order valence-electron chi connectivity index (χ1n) is 8.20. The Hall–Kier alpha value is -1.71. The highest BCUT2D eigenvalue weighted by Crippen LogP contribution is 2.43. The topological polar surface area (TPSA) is 30.5 Å². The zero-order valence-electron chi connectivity index (χ0n) is 12.9. The van der Waals surface area contributed by atoms with Gasteiger partial charge in [0.2, 0.25) is 0 Å². The number of ether oxygens (including phenoxy) is 2. The Labute approximate surface area is 141 Å². The smallest absolute Gasteiger partial charge is 0.164 e. The molecule has 1 saturated heterocycles. The number of fused-ring (bicyclic) bond motifs is 1. The lowest BCUT2D eigenvalue weighted by atomic mass is 9.89. The van der Waals surface area contributed by atoms with E-state index in [0.29, 0.717) is 12.5 Å². The van der Waals surface area contributed by atoms with Crippen molar-refractivity contribution in [2.45, 2.75) is 24.9 Å². The van der Waals surface area contributed by atoms with Gasteiger partial charge < -0.3 is 14.8 Å². The molecule has 0 aromatic heterocycles. The molecule has 0 aliphatic carbocycles. The molecule has 0 radical (unpaired) electrons. The normalized spacial score (nSPS) is 21.2. The van der Waals surface area contributed by atoms with Gasteiger partial charge >= 0.3 is 0 Å². The van der Waals surface area contributed by atoms with Crippen molar-refractivity contribution in [3.63, 3.8) is 0 Å². The van der Waals surface area contributed by atoms with Crippen LogP contribution in [0.2, 0.25) is 5.02 Å². The van der Waals surface area contributed by atoms with Crippen LogP contribution in [-0.4, -0.2) is 19.7 Å². The van der Waals surface area contributed by atoms with Gasteiger partial charge in [-0.05, 0) is 55.6 Å². The lowest BCUT2D eigenvalue weighted by molar-refractivity contribution is 0.0895. The molecule has 0 spiro atoms. The number of halogens is 1. The largest absolute Gasteiger partial charge is 0.485 e. The third kappa shape index (κ3) is 3.04. The van der Waals surface area contributed by atoms with Gasteiger partial charge in [0.25, 0.3) is 0 Å². The molecule has 1 N–H and O–H groups in total. The van der Waals surface area contributed by atoms with Gasteiger partial charge in [-0.25, -0.2) is 0 Å². The fraction of sp³-hybridized carbons (Fsp3) is 0.368. The Bertz CT molecular complexity index is 680. The van der Waals surface area contributed by atoms with Crippen molar-refractivity contribution in [3.05, 3.63) is 58.6 Å². The van der Waals surface area contributed by atoms with E-state index >= 15 is 0 Å². The van der Waals surface area contributed by atoms with Crippen LogP contribution < -0.4 is 14.8 Å². The molecule has 2 aromatic rings. The van der Waals surface area contributed by atoms with Crippen LogP contribution >= 0.6 is 11.6 Å². The second-order valence-electron chi connectivity index (χ2n) is 6.17. The number of piperidine rings is 1. The van der Waals surface area contributed by atoms with Crippen LogP contribution in [-0.2, 0) is 0 Å². The van der Waals surface area contributed by atoms with Crippen molar-refractivity contribution in [2.24, 2.45) is 0 Å². The molecule has 0 saturated carbocycles. The lowest BCUT2D eigenvalue weighted by Crippen LogP contribution is -2.28. The summed E-state index contributed by atoms with van der Waals surface area (Å²) in [6.45, 7) is 2.68. The van der Waals surface area contributed by atoms with Crippen LogP contribution in [0.5, 0.6) is 11.5 Å². The summed E-state index contributed by atoms with van der Waals surface area (Å²) < 4.78 is 12.3. The molecular weight excluding hydrogens is 310 g/mol. The molecule has 4 heteroatoms. The van der Waals surface area contributed by atoms with Gasteiger partial charge in [0.15, 0.2) is 17.6 Å². The summed E-state index contributed by atoms with van der Waals surface area (Å²) in [5.41, 5.74) is 2.38. The third-order valence-corrected chi connectivity index (χ3v) is 4.93. The number of hydrogen-bond donors (Lipinski definition) is 1. The minimum Gasteiger partial charge on any atom is -0.485 e. The molecule has 1 atom stereocenters. The van der Waals surface area contributed by atoms with Crippen molar-refractivity contribution in [3.8, 4) is 11.5 Å². The molecule has 120 valence electrons. The monoisotopic (exact) mass is 329 g/mol. The molecule has 3 nitrogen and oxygen atoms in total. The summed E-state index contributed by atoms with van der Waals surface area (Å²) in [4.78, 5) is 0. The van der Waals surface area contributed by atoms with Crippen molar-refractivity contribution in [2.75, 3.05) is 19.7 Å². The van der Waals surface area contributed by atoms with Gasteiger partial charge in [0.05, 0.1) is 0 Å². The first-order valence-corrected chi connectivity index (χ1v) is 8.57. The van der Waals surface area contributed by atoms with E-state index in [1.165, 1.54) is 5.56 Å². The Balaban J connectivity index is 1.59. The predicted octanol–water partition coefficient (Wildman–Crippen LogP) is 4.32. The number of hydrogen-bond acceptors (Lipinski definition) is 3. The molecule has 2 heterocycles. The maximum atomic E-state index is 6.21. The number of para-hydroxylation sites is 1. The van der Waals surface area contributed by atoms with Crippen LogP contribution in [0.25, 0.3) is 0 Å². The molecule has 1 fully saturated rings. The first kappa shape index (κ1) is 14.9. The Kier molecular flexibility index (Phi) is 4.15. The molecule has 0 unspecified atom stereocenters. The van der Waals surface area contributed by atoms with E-state index in [0.717, 1.165) is 48.0 Å². The third-order valence-electron chi connectivity index (χ3n) is 4.68. The molecule has 4 rings (SSSR count). The van der Waals surface area contributed by atoms with Crippen molar-refractivity contribution in [1.82, 2.24) is 5.32 Å². The fourth-order valence-corrected chi connectivity index (χ4v) is 3.55. The zero-order chi connectivity index (χ0) is 15.6. The van der Waals surface area contributed by atoms with E-state index in [-0.39, 0.29) is 6.10 Å². The number of benzene rings is 2. The fourth-order valence-electron chi connectivity index (χ4n) is 3.42. The molecule has 2 aliphatic rings. The highest BCUT2D eigenvalue weighted by molar-refractivity contribution is 6.30. The van der Waals surface area contributed by atoms with Crippen LogP contribution in [0.15, 0.2) is 42.5 Å². The maximum absolute atomic E-state index is 6.21. The van der Waals surface area contributed by atoms with Crippen LogP contribution in [0.3, 0.4) is 0 Å². The Morgan fingerprint density at radius 2 is 1.78 bits per heavy atom. The zero-order valence-corrected chi connectivity index (χ0v) is 13.7. The van der Waals surface area contributed by atoms with Gasteiger partial charge in [0.1, 0.15) is 6.61 Å². The molecular formula is C19H20ClNO2. The van der Waals surface area contributed by atoms with Crippen LogP contribution in [0.1, 0.15) is 36.0 Å². The Morgan fingerprint density at radius 3 is 2.57 bits per heavy atom. The van der Waals surface area contributed by atoms with E-state index in [1.54, 1.807) is 0 Å². The quantitative estimate of drug-likeness (QED) is 0.890. The lowest BCUT2D eigenvalue weighted by Gasteiger charge is -2.31. The molecule has 23 heavy (non-hydrogen) atoms. The molecule has 2 aliphatic heterocycles. The second kappa shape index (κ2) is 6.42. The Morgan fingerprint density at radius 1 is 1.00 bits per heavy atom. The first-order chi connectivity index (χ1) is 11.3. The average molecular weight is 330 g/mol. The highest BCUT2D eigenvalue weighted by atomic mass is 35.5. The van der Waals surface area contributed by atoms with E-state index in [4.69, 9.17) is 21.1 Å². The standard InChI is InChI=1S/C19H20ClNO2/c20-15-6-4-14(5-7-15)18-12-22-19-16(2-1-3-17(19)23-18)13-8-10-21-11-9-13/h1-7,13,18,21H,8-12H2/t18-/m1/s1. The minimum atomic E-state index is -0.0805. The van der Waals surface area contributed by atoms with Crippen LogP contribution in [0.4, 0.5) is 0 Å². The summed E-state index contributed by atoms with van der Waals surface area (Å²) in [6.07, 6.45) is 2.23. The number of rotatable bonds is 2. The van der Waals surface area contributed by atoms with Gasteiger partial charge in [-0.1, -0.05) is 35.9 Å². The molecule has 0 bridgehead atoms.